The van der Waals surface area contributed by atoms with E-state index in [1.165, 1.54) is 18.2 Å². The molecule has 1 aliphatic rings. The lowest BCUT2D eigenvalue weighted by molar-refractivity contribution is 0.782. The number of hydrogen-bond acceptors (Lipinski definition) is 5. The third-order valence-electron chi connectivity index (χ3n) is 2.27. The lowest BCUT2D eigenvalue weighted by atomic mass is 10.3. The maximum atomic E-state index is 5.57. The number of hydrogen-bond donors (Lipinski definition) is 1. The van der Waals surface area contributed by atoms with E-state index in [0.29, 0.717) is 17.8 Å². The van der Waals surface area contributed by atoms with Crippen LogP contribution in [0.25, 0.3) is 0 Å². The summed E-state index contributed by atoms with van der Waals surface area (Å²) in [6.45, 7) is 2.20. The Hall–Kier alpha value is -0.840. The summed E-state index contributed by atoms with van der Waals surface area (Å²) in [6, 6.07) is 0. The largest absolute Gasteiger partial charge is 0.368 e. The fraction of sp³-hybridized carbons (Fsp3) is 0.625. The number of thioether (sulfide) groups is 1. The average Bonchev–Trinajstić information content (AvgIpc) is 2.81. The second-order valence-electron chi connectivity index (χ2n) is 3.36. The minimum Gasteiger partial charge on any atom is -0.368 e. The van der Waals surface area contributed by atoms with Crippen molar-refractivity contribution >= 4 is 17.7 Å². The van der Waals surface area contributed by atoms with Crippen LogP contribution in [0, 0.1) is 5.92 Å². The predicted octanol–water partition coefficient (Wildman–Crippen LogP) is 1.30. The van der Waals surface area contributed by atoms with Gasteiger partial charge in [0.2, 0.25) is 5.95 Å². The first-order valence-electron chi connectivity index (χ1n) is 4.26. The predicted molar refractivity (Wildman–Crippen MR) is 52.5 cm³/mol. The Kier molecular flexibility index (Phi) is 2.11. The molecule has 1 aromatic heterocycles. The normalized spacial score (nSPS) is 26.0. The molecule has 13 heavy (non-hydrogen) atoms. The van der Waals surface area contributed by atoms with Crippen molar-refractivity contribution in [3.05, 3.63) is 5.82 Å². The summed E-state index contributed by atoms with van der Waals surface area (Å²) in [6.07, 6.45) is 3.12. The van der Waals surface area contributed by atoms with Gasteiger partial charge in [0.25, 0.3) is 0 Å². The highest BCUT2D eigenvalue weighted by molar-refractivity contribution is 7.98. The molecule has 0 aliphatic heterocycles. The van der Waals surface area contributed by atoms with Gasteiger partial charge in [-0.05, 0) is 18.6 Å². The van der Waals surface area contributed by atoms with E-state index in [0.717, 1.165) is 11.0 Å². The molecule has 1 saturated carbocycles. The molecule has 0 aromatic carbocycles. The fourth-order valence-corrected chi connectivity index (χ4v) is 1.70. The number of rotatable bonds is 2. The average molecular weight is 196 g/mol. The standard InChI is InChI=1S/C8H12N4S/c1-4-3-5(4)6-10-7(9)12-8(11-6)13-2/h4-5H,3H2,1-2H3,(H2,9,10,11,12). The highest BCUT2D eigenvalue weighted by atomic mass is 32.2. The SMILES string of the molecule is CSc1nc(N)nc(C2CC2C)n1. The van der Waals surface area contributed by atoms with Crippen LogP contribution in [0.15, 0.2) is 5.16 Å². The van der Waals surface area contributed by atoms with Crippen LogP contribution in [0.4, 0.5) is 5.95 Å². The summed E-state index contributed by atoms with van der Waals surface area (Å²) in [5.41, 5.74) is 5.57. The van der Waals surface area contributed by atoms with Gasteiger partial charge in [-0.25, -0.2) is 4.98 Å². The van der Waals surface area contributed by atoms with Gasteiger partial charge in [-0.2, -0.15) is 9.97 Å². The van der Waals surface area contributed by atoms with Gasteiger partial charge in [-0.1, -0.05) is 18.7 Å². The summed E-state index contributed by atoms with van der Waals surface area (Å²) in [5.74, 6) is 2.42. The number of anilines is 1. The maximum Gasteiger partial charge on any atom is 0.224 e. The topological polar surface area (TPSA) is 64.7 Å². The Labute approximate surface area is 81.4 Å². The van der Waals surface area contributed by atoms with Crippen LogP contribution in [-0.4, -0.2) is 21.2 Å². The minimum atomic E-state index is 0.341. The molecule has 0 radical (unpaired) electrons. The first-order valence-corrected chi connectivity index (χ1v) is 5.48. The highest BCUT2D eigenvalue weighted by Gasteiger charge is 2.37. The summed E-state index contributed by atoms with van der Waals surface area (Å²) < 4.78 is 0. The zero-order valence-electron chi connectivity index (χ0n) is 7.69. The zero-order valence-corrected chi connectivity index (χ0v) is 8.51. The van der Waals surface area contributed by atoms with E-state index in [2.05, 4.69) is 21.9 Å². The second kappa shape index (κ2) is 3.14. The molecule has 0 bridgehead atoms. The van der Waals surface area contributed by atoms with Gasteiger partial charge >= 0.3 is 0 Å². The Bertz CT molecular complexity index is 328. The number of aromatic nitrogens is 3. The van der Waals surface area contributed by atoms with Crippen molar-refractivity contribution in [2.75, 3.05) is 12.0 Å². The third kappa shape index (κ3) is 1.75. The molecule has 0 spiro atoms. The first-order chi connectivity index (χ1) is 6.20. The van der Waals surface area contributed by atoms with Crippen molar-refractivity contribution in [3.63, 3.8) is 0 Å². The van der Waals surface area contributed by atoms with Gasteiger partial charge < -0.3 is 5.73 Å². The molecule has 1 fully saturated rings. The second-order valence-corrected chi connectivity index (χ2v) is 4.13. The number of nitrogens with zero attached hydrogens (tertiary/aromatic N) is 3. The number of nitrogen functional groups attached to an aromatic ring is 1. The molecule has 5 heteroatoms. The fourth-order valence-electron chi connectivity index (χ4n) is 1.33. The van der Waals surface area contributed by atoms with E-state index < -0.39 is 0 Å². The molecule has 2 unspecified atom stereocenters. The molecule has 2 rings (SSSR count). The van der Waals surface area contributed by atoms with Crippen molar-refractivity contribution in [1.82, 2.24) is 15.0 Å². The monoisotopic (exact) mass is 196 g/mol. The lowest BCUT2D eigenvalue weighted by Crippen LogP contribution is -2.03. The third-order valence-corrected chi connectivity index (χ3v) is 2.82. The summed E-state index contributed by atoms with van der Waals surface area (Å²) in [7, 11) is 0. The van der Waals surface area contributed by atoms with Crippen molar-refractivity contribution in [1.29, 1.82) is 0 Å². The van der Waals surface area contributed by atoms with Crippen LogP contribution >= 0.6 is 11.8 Å². The van der Waals surface area contributed by atoms with Gasteiger partial charge in [0, 0.05) is 5.92 Å². The van der Waals surface area contributed by atoms with E-state index in [9.17, 15) is 0 Å². The first kappa shape index (κ1) is 8.74. The molecule has 1 aliphatic carbocycles. The van der Waals surface area contributed by atoms with Gasteiger partial charge in [0.15, 0.2) is 5.16 Å². The van der Waals surface area contributed by atoms with Crippen LogP contribution in [0.3, 0.4) is 0 Å². The molecular formula is C8H12N4S. The van der Waals surface area contributed by atoms with Crippen molar-refractivity contribution < 1.29 is 0 Å². The molecule has 1 aromatic rings. The molecule has 4 nitrogen and oxygen atoms in total. The van der Waals surface area contributed by atoms with Gasteiger partial charge in [0.05, 0.1) is 0 Å². The van der Waals surface area contributed by atoms with Crippen LogP contribution in [0.5, 0.6) is 0 Å². The molecule has 0 saturated heterocycles. The van der Waals surface area contributed by atoms with Crippen molar-refractivity contribution in [3.8, 4) is 0 Å². The Morgan fingerprint density at radius 3 is 2.62 bits per heavy atom. The van der Waals surface area contributed by atoms with Crippen molar-refractivity contribution in [2.45, 2.75) is 24.4 Å². The summed E-state index contributed by atoms with van der Waals surface area (Å²) >= 11 is 1.50. The minimum absolute atomic E-state index is 0.341. The van der Waals surface area contributed by atoms with E-state index in [-0.39, 0.29) is 0 Å². The molecule has 70 valence electrons. The zero-order chi connectivity index (χ0) is 9.42. The van der Waals surface area contributed by atoms with Crippen LogP contribution < -0.4 is 5.73 Å². The van der Waals surface area contributed by atoms with Gasteiger partial charge in [-0.3, -0.25) is 0 Å². The van der Waals surface area contributed by atoms with E-state index in [4.69, 9.17) is 5.73 Å². The van der Waals surface area contributed by atoms with Crippen LogP contribution in [0.2, 0.25) is 0 Å². The Morgan fingerprint density at radius 2 is 2.08 bits per heavy atom. The maximum absolute atomic E-state index is 5.57. The quantitative estimate of drug-likeness (QED) is 0.722. The Balaban J connectivity index is 2.30. The lowest BCUT2D eigenvalue weighted by Gasteiger charge is -2.00. The van der Waals surface area contributed by atoms with Crippen LogP contribution in [0.1, 0.15) is 25.1 Å². The molecule has 0 amide bonds. The van der Waals surface area contributed by atoms with Gasteiger partial charge in [-0.15, -0.1) is 0 Å². The summed E-state index contributed by atoms with van der Waals surface area (Å²) in [4.78, 5) is 12.5. The molecule has 2 atom stereocenters. The highest BCUT2D eigenvalue weighted by Crippen LogP contribution is 2.45. The molecular weight excluding hydrogens is 184 g/mol. The van der Waals surface area contributed by atoms with Crippen LogP contribution in [-0.2, 0) is 0 Å². The molecule has 1 heterocycles. The Morgan fingerprint density at radius 1 is 1.38 bits per heavy atom. The smallest absolute Gasteiger partial charge is 0.224 e. The summed E-state index contributed by atoms with van der Waals surface area (Å²) in [5, 5.41) is 0.724. The van der Waals surface area contributed by atoms with E-state index in [1.807, 2.05) is 6.26 Å². The van der Waals surface area contributed by atoms with E-state index in [1.54, 1.807) is 0 Å². The van der Waals surface area contributed by atoms with Gasteiger partial charge in [0.1, 0.15) is 5.82 Å². The number of nitrogens with two attached hydrogens (primary N) is 1. The molecule has 2 N–H and O–H groups in total. The van der Waals surface area contributed by atoms with E-state index >= 15 is 0 Å². The van der Waals surface area contributed by atoms with Crippen molar-refractivity contribution in [2.24, 2.45) is 5.92 Å².